The molecular formula is C21H36O2. The highest BCUT2D eigenvalue weighted by Crippen LogP contribution is 2.08. The lowest BCUT2D eigenvalue weighted by atomic mass is 10.1. The predicted octanol–water partition coefficient (Wildman–Crippen LogP) is 6.83. The van der Waals surface area contributed by atoms with Gasteiger partial charge in [-0.3, -0.25) is 4.79 Å². The number of carboxylic acid groups (broad SMARTS) is 1. The number of carbonyl (C=O) groups is 1. The van der Waals surface area contributed by atoms with Crippen molar-refractivity contribution < 1.29 is 9.90 Å². The second-order valence-electron chi connectivity index (χ2n) is 6.07. The van der Waals surface area contributed by atoms with Crippen molar-refractivity contribution in [1.29, 1.82) is 0 Å². The topological polar surface area (TPSA) is 37.3 Å². The van der Waals surface area contributed by atoms with Gasteiger partial charge in [-0.2, -0.15) is 0 Å². The smallest absolute Gasteiger partial charge is 0.303 e. The maximum absolute atomic E-state index is 10.3. The maximum atomic E-state index is 10.3. The van der Waals surface area contributed by atoms with Crippen LogP contribution in [0.15, 0.2) is 36.5 Å². The van der Waals surface area contributed by atoms with Crippen LogP contribution in [-0.2, 0) is 4.79 Å². The first kappa shape index (κ1) is 21.7. The van der Waals surface area contributed by atoms with Crippen LogP contribution in [0, 0.1) is 0 Å². The molecule has 132 valence electrons. The van der Waals surface area contributed by atoms with Gasteiger partial charge < -0.3 is 5.11 Å². The molecule has 0 fully saturated rings. The summed E-state index contributed by atoms with van der Waals surface area (Å²) >= 11 is 0. The average Bonchev–Trinajstić information content (AvgIpc) is 2.53. The summed E-state index contributed by atoms with van der Waals surface area (Å²) in [5, 5.41) is 8.52. The SMILES string of the molecule is CCCC=CCC=CCCCCCCCC=CCCCC(=O)O. The molecule has 23 heavy (non-hydrogen) atoms. The summed E-state index contributed by atoms with van der Waals surface area (Å²) in [4.78, 5) is 10.3. The normalized spacial score (nSPS) is 12.0. The Labute approximate surface area is 143 Å². The summed E-state index contributed by atoms with van der Waals surface area (Å²) in [6.45, 7) is 2.21. The fourth-order valence-electron chi connectivity index (χ4n) is 2.33. The van der Waals surface area contributed by atoms with Gasteiger partial charge in [0.05, 0.1) is 0 Å². The summed E-state index contributed by atoms with van der Waals surface area (Å²) in [5.74, 6) is -0.693. The van der Waals surface area contributed by atoms with Gasteiger partial charge in [0.15, 0.2) is 0 Å². The van der Waals surface area contributed by atoms with Crippen LogP contribution >= 0.6 is 0 Å². The van der Waals surface area contributed by atoms with Crippen LogP contribution in [-0.4, -0.2) is 11.1 Å². The second kappa shape index (κ2) is 18.7. The highest BCUT2D eigenvalue weighted by Gasteiger charge is 1.93. The molecule has 0 rings (SSSR count). The fourth-order valence-corrected chi connectivity index (χ4v) is 2.33. The Balaban J connectivity index is 3.20. The number of rotatable bonds is 16. The molecule has 1 N–H and O–H groups in total. The van der Waals surface area contributed by atoms with E-state index in [1.54, 1.807) is 0 Å². The van der Waals surface area contributed by atoms with Crippen molar-refractivity contribution in [3.63, 3.8) is 0 Å². The third-order valence-corrected chi connectivity index (χ3v) is 3.73. The van der Waals surface area contributed by atoms with Crippen LogP contribution in [0.2, 0.25) is 0 Å². The predicted molar refractivity (Wildman–Crippen MR) is 101 cm³/mol. The molecule has 0 spiro atoms. The molecule has 0 aliphatic heterocycles. The van der Waals surface area contributed by atoms with Crippen LogP contribution in [0.25, 0.3) is 0 Å². The third kappa shape index (κ3) is 20.7. The molecule has 0 saturated heterocycles. The Morgan fingerprint density at radius 2 is 1.17 bits per heavy atom. The van der Waals surface area contributed by atoms with Gasteiger partial charge in [0.2, 0.25) is 0 Å². The molecule has 0 aliphatic carbocycles. The van der Waals surface area contributed by atoms with E-state index in [0.717, 1.165) is 25.7 Å². The number of hydrogen-bond acceptors (Lipinski definition) is 1. The second-order valence-corrected chi connectivity index (χ2v) is 6.07. The minimum Gasteiger partial charge on any atom is -0.481 e. The molecule has 0 radical (unpaired) electrons. The molecule has 0 aromatic carbocycles. The van der Waals surface area contributed by atoms with Crippen molar-refractivity contribution in [2.24, 2.45) is 0 Å². The lowest BCUT2D eigenvalue weighted by Gasteiger charge is -1.98. The first-order valence-electron chi connectivity index (χ1n) is 9.44. The van der Waals surface area contributed by atoms with Gasteiger partial charge >= 0.3 is 5.97 Å². The Hall–Kier alpha value is -1.31. The lowest BCUT2D eigenvalue weighted by molar-refractivity contribution is -0.137. The van der Waals surface area contributed by atoms with Crippen molar-refractivity contribution >= 4 is 5.97 Å². The molecule has 2 nitrogen and oxygen atoms in total. The highest BCUT2D eigenvalue weighted by molar-refractivity contribution is 5.66. The summed E-state index contributed by atoms with van der Waals surface area (Å²) in [6.07, 6.45) is 27.8. The van der Waals surface area contributed by atoms with Crippen molar-refractivity contribution in [2.75, 3.05) is 0 Å². The van der Waals surface area contributed by atoms with E-state index in [-0.39, 0.29) is 6.42 Å². The first-order valence-corrected chi connectivity index (χ1v) is 9.44. The van der Waals surface area contributed by atoms with E-state index < -0.39 is 5.97 Å². The molecule has 0 saturated carbocycles. The van der Waals surface area contributed by atoms with E-state index in [1.807, 2.05) is 0 Å². The van der Waals surface area contributed by atoms with Gasteiger partial charge in [0, 0.05) is 6.42 Å². The number of carboxylic acids is 1. The molecule has 0 bridgehead atoms. The van der Waals surface area contributed by atoms with Crippen LogP contribution in [0.3, 0.4) is 0 Å². The van der Waals surface area contributed by atoms with Crippen molar-refractivity contribution in [3.05, 3.63) is 36.5 Å². The molecule has 0 unspecified atom stereocenters. The standard InChI is InChI=1S/C21H36O2/c1-2-3-4-5-6-7-8-9-10-11-12-13-14-15-16-17-18-19-20-21(22)23/h4-5,7-8,16-17H,2-3,6,9-15,18-20H2,1H3,(H,22,23). The molecule has 0 aromatic rings. The van der Waals surface area contributed by atoms with Crippen molar-refractivity contribution in [3.8, 4) is 0 Å². The third-order valence-electron chi connectivity index (χ3n) is 3.73. The van der Waals surface area contributed by atoms with E-state index in [4.69, 9.17) is 5.11 Å². The van der Waals surface area contributed by atoms with E-state index in [9.17, 15) is 4.79 Å². The van der Waals surface area contributed by atoms with Gasteiger partial charge in [-0.25, -0.2) is 0 Å². The minimum absolute atomic E-state index is 0.286. The summed E-state index contributed by atoms with van der Waals surface area (Å²) in [5.41, 5.74) is 0. The molecule has 0 atom stereocenters. The average molecular weight is 321 g/mol. The minimum atomic E-state index is -0.693. The molecule has 0 heterocycles. The van der Waals surface area contributed by atoms with Crippen LogP contribution in [0.5, 0.6) is 0 Å². The monoisotopic (exact) mass is 320 g/mol. The van der Waals surface area contributed by atoms with Crippen molar-refractivity contribution in [1.82, 2.24) is 0 Å². The van der Waals surface area contributed by atoms with Gasteiger partial charge in [0.1, 0.15) is 0 Å². The zero-order valence-electron chi connectivity index (χ0n) is 15.0. The summed E-state index contributed by atoms with van der Waals surface area (Å²) in [7, 11) is 0. The molecule has 0 amide bonds. The van der Waals surface area contributed by atoms with Gasteiger partial charge in [-0.05, 0) is 51.4 Å². The zero-order chi connectivity index (χ0) is 17.0. The van der Waals surface area contributed by atoms with Crippen molar-refractivity contribution in [2.45, 2.75) is 90.4 Å². The molecule has 0 aliphatic rings. The Morgan fingerprint density at radius 3 is 1.74 bits per heavy atom. The van der Waals surface area contributed by atoms with E-state index in [1.165, 1.54) is 51.4 Å². The van der Waals surface area contributed by atoms with Gasteiger partial charge in [-0.15, -0.1) is 0 Å². The number of unbranched alkanes of at least 4 members (excludes halogenated alkanes) is 8. The number of aliphatic carboxylic acids is 1. The number of hydrogen-bond donors (Lipinski definition) is 1. The first-order chi connectivity index (χ1) is 11.3. The summed E-state index contributed by atoms with van der Waals surface area (Å²) < 4.78 is 0. The molecular weight excluding hydrogens is 284 g/mol. The largest absolute Gasteiger partial charge is 0.481 e. The van der Waals surface area contributed by atoms with E-state index in [0.29, 0.717) is 0 Å². The van der Waals surface area contributed by atoms with Gasteiger partial charge in [0.25, 0.3) is 0 Å². The molecule has 0 aromatic heterocycles. The lowest BCUT2D eigenvalue weighted by Crippen LogP contribution is -1.92. The molecule has 2 heteroatoms. The Morgan fingerprint density at radius 1 is 0.696 bits per heavy atom. The van der Waals surface area contributed by atoms with Crippen LogP contribution in [0.1, 0.15) is 90.4 Å². The summed E-state index contributed by atoms with van der Waals surface area (Å²) in [6, 6.07) is 0. The van der Waals surface area contributed by atoms with Crippen LogP contribution < -0.4 is 0 Å². The maximum Gasteiger partial charge on any atom is 0.303 e. The van der Waals surface area contributed by atoms with Gasteiger partial charge in [-0.1, -0.05) is 69.1 Å². The highest BCUT2D eigenvalue weighted by atomic mass is 16.4. The zero-order valence-corrected chi connectivity index (χ0v) is 15.0. The van der Waals surface area contributed by atoms with Crippen LogP contribution in [0.4, 0.5) is 0 Å². The van der Waals surface area contributed by atoms with E-state index >= 15 is 0 Å². The number of allylic oxidation sites excluding steroid dienone is 6. The fraction of sp³-hybridized carbons (Fsp3) is 0.667. The Bertz CT molecular complexity index is 340. The van der Waals surface area contributed by atoms with E-state index in [2.05, 4.69) is 43.4 Å². The Kier molecular flexibility index (Phi) is 17.7. The quantitative estimate of drug-likeness (QED) is 0.250.